The summed E-state index contributed by atoms with van der Waals surface area (Å²) in [5, 5.41) is -0.309. The minimum Gasteiger partial charge on any atom is -0.451 e. The Morgan fingerprint density at radius 1 is 1.23 bits per heavy atom. The number of carbonyl (C=O) groups excluding carboxylic acids is 1. The highest BCUT2D eigenvalue weighted by Gasteiger charge is 2.15. The van der Waals surface area contributed by atoms with E-state index in [1.165, 1.54) is 37.4 Å². The largest absolute Gasteiger partial charge is 0.451 e. The number of aromatic nitrogens is 2. The van der Waals surface area contributed by atoms with Crippen molar-refractivity contribution in [2.75, 3.05) is 6.26 Å². The first-order valence-electron chi connectivity index (χ1n) is 7.87. The smallest absolute Gasteiger partial charge is 0.247 e. The summed E-state index contributed by atoms with van der Waals surface area (Å²) in [5.74, 6) is -1.24. The van der Waals surface area contributed by atoms with E-state index in [1.807, 2.05) is 13.8 Å². The topological polar surface area (TPSA) is 86.2 Å². The first-order valence-corrected chi connectivity index (χ1v) is 9.76. The fourth-order valence-corrected chi connectivity index (χ4v) is 2.31. The minimum atomic E-state index is -3.53. The minimum absolute atomic E-state index is 0.0923. The van der Waals surface area contributed by atoms with E-state index in [-0.39, 0.29) is 16.7 Å². The lowest BCUT2D eigenvalue weighted by atomic mass is 10.2. The van der Waals surface area contributed by atoms with Gasteiger partial charge in [0.1, 0.15) is 0 Å². The molecule has 0 radical (unpaired) electrons. The van der Waals surface area contributed by atoms with Crippen LogP contribution in [0, 0.1) is 12.7 Å². The molecule has 0 aliphatic heterocycles. The molecule has 0 atom stereocenters. The fraction of sp³-hybridized carbons (Fsp3) is 0.278. The van der Waals surface area contributed by atoms with Crippen LogP contribution in [0.5, 0.6) is 5.75 Å². The highest BCUT2D eigenvalue weighted by atomic mass is 32.2. The van der Waals surface area contributed by atoms with Gasteiger partial charge in [-0.3, -0.25) is 4.79 Å². The zero-order valence-corrected chi connectivity index (χ0v) is 16.1. The number of aryl methyl sites for hydroxylation is 1. The number of hydrogen-bond donors (Lipinski definition) is 0. The monoisotopic (exact) mass is 380 g/mol. The molecule has 0 spiro atoms. The molecule has 0 aliphatic rings. The molecule has 8 heteroatoms. The summed E-state index contributed by atoms with van der Waals surface area (Å²) in [4.78, 5) is 19.4. The number of sulfone groups is 1. The Morgan fingerprint density at radius 2 is 1.85 bits per heavy atom. The zero-order chi connectivity index (χ0) is 19.9. The van der Waals surface area contributed by atoms with E-state index in [9.17, 15) is 17.6 Å². The number of carbonyl (C=O) groups is 1. The van der Waals surface area contributed by atoms with Crippen LogP contribution in [-0.2, 0) is 14.6 Å². The van der Waals surface area contributed by atoms with E-state index in [4.69, 9.17) is 4.74 Å². The molecular weight excluding hydrogens is 359 g/mol. The second-order valence-corrected chi connectivity index (χ2v) is 6.97. The number of Topliss-reactive ketones (excluding diaryl/α,β-unsaturated/α-hetero) is 1. The van der Waals surface area contributed by atoms with Crippen molar-refractivity contribution in [1.82, 2.24) is 9.97 Å². The van der Waals surface area contributed by atoms with Crippen molar-refractivity contribution in [3.8, 4) is 5.75 Å². The molecule has 1 aromatic carbocycles. The molecule has 6 nitrogen and oxygen atoms in total. The molecule has 1 heterocycles. The molecule has 2 rings (SSSR count). The van der Waals surface area contributed by atoms with Crippen LogP contribution >= 0.6 is 0 Å². The highest BCUT2D eigenvalue weighted by Crippen LogP contribution is 2.21. The second kappa shape index (κ2) is 9.19. The standard InChI is InChI=1S/C16H15FN2O4S.C2H6/c1-10-12(9-18-16(19-10)24(3,21)22)8-15(11(2)20)23-14-7-5-4-6-13(14)17;1-2/h4-9H,1-3H3;1-2H3/b15-8+;. The van der Waals surface area contributed by atoms with Crippen LogP contribution in [-0.4, -0.2) is 30.4 Å². The Kier molecular flexibility index (Phi) is 7.57. The van der Waals surface area contributed by atoms with Gasteiger partial charge in [-0.15, -0.1) is 0 Å². The first-order chi connectivity index (χ1) is 12.2. The summed E-state index contributed by atoms with van der Waals surface area (Å²) < 4.78 is 41.9. The van der Waals surface area contributed by atoms with Crippen molar-refractivity contribution in [2.24, 2.45) is 0 Å². The number of halogens is 1. The lowest BCUT2D eigenvalue weighted by Crippen LogP contribution is -2.08. The Labute approximate surface area is 152 Å². The van der Waals surface area contributed by atoms with Crippen LogP contribution in [0.4, 0.5) is 4.39 Å². The molecule has 140 valence electrons. The molecule has 0 N–H and O–H groups in total. The van der Waals surface area contributed by atoms with Crippen molar-refractivity contribution in [3.05, 3.63) is 53.3 Å². The molecule has 0 amide bonds. The van der Waals surface area contributed by atoms with E-state index in [2.05, 4.69) is 9.97 Å². The lowest BCUT2D eigenvalue weighted by Gasteiger charge is -2.09. The van der Waals surface area contributed by atoms with Crippen LogP contribution in [0.2, 0.25) is 0 Å². The van der Waals surface area contributed by atoms with Gasteiger partial charge in [0.25, 0.3) is 0 Å². The van der Waals surface area contributed by atoms with Crippen LogP contribution in [0.1, 0.15) is 32.0 Å². The van der Waals surface area contributed by atoms with Crippen LogP contribution in [0.3, 0.4) is 0 Å². The van der Waals surface area contributed by atoms with Crippen molar-refractivity contribution in [3.63, 3.8) is 0 Å². The summed E-state index contributed by atoms with van der Waals surface area (Å²) >= 11 is 0. The van der Waals surface area contributed by atoms with Gasteiger partial charge >= 0.3 is 0 Å². The normalized spacial score (nSPS) is 11.4. The SMILES string of the molecule is CC.CC(=O)/C(=C\c1cnc(S(C)(=O)=O)nc1C)Oc1ccccc1F. The Morgan fingerprint density at radius 3 is 2.35 bits per heavy atom. The molecule has 26 heavy (non-hydrogen) atoms. The third-order valence-corrected chi connectivity index (χ3v) is 3.88. The first kappa shape index (κ1) is 21.4. The molecule has 0 saturated heterocycles. The van der Waals surface area contributed by atoms with Crippen molar-refractivity contribution in [1.29, 1.82) is 0 Å². The number of allylic oxidation sites excluding steroid dienone is 1. The van der Waals surface area contributed by atoms with Gasteiger partial charge in [-0.25, -0.2) is 22.8 Å². The van der Waals surface area contributed by atoms with Crippen molar-refractivity contribution in [2.45, 2.75) is 32.9 Å². The maximum atomic E-state index is 13.7. The van der Waals surface area contributed by atoms with Crippen LogP contribution < -0.4 is 4.74 Å². The molecular formula is C18H21FN2O4S. The quantitative estimate of drug-likeness (QED) is 0.449. The predicted molar refractivity (Wildman–Crippen MR) is 96.9 cm³/mol. The number of ketones is 1. The molecule has 0 aliphatic carbocycles. The second-order valence-electron chi connectivity index (χ2n) is 5.06. The molecule has 0 fully saturated rings. The molecule has 2 aromatic rings. The summed E-state index contributed by atoms with van der Waals surface area (Å²) in [7, 11) is -3.53. The Bertz CT molecular complexity index is 925. The number of benzene rings is 1. The van der Waals surface area contributed by atoms with Gasteiger partial charge in [0, 0.05) is 30.6 Å². The zero-order valence-electron chi connectivity index (χ0n) is 15.3. The van der Waals surface area contributed by atoms with E-state index in [1.54, 1.807) is 13.0 Å². The van der Waals surface area contributed by atoms with Gasteiger partial charge in [0.2, 0.25) is 15.0 Å². The van der Waals surface area contributed by atoms with Gasteiger partial charge in [-0.2, -0.15) is 0 Å². The third-order valence-electron chi connectivity index (χ3n) is 3.02. The van der Waals surface area contributed by atoms with Crippen LogP contribution in [0.25, 0.3) is 6.08 Å². The maximum absolute atomic E-state index is 13.7. The number of rotatable bonds is 5. The number of hydrogen-bond acceptors (Lipinski definition) is 6. The summed E-state index contributed by atoms with van der Waals surface area (Å²) in [6.45, 7) is 6.84. The third kappa shape index (κ3) is 5.73. The Hall–Kier alpha value is -2.61. The summed E-state index contributed by atoms with van der Waals surface area (Å²) in [6, 6.07) is 5.68. The van der Waals surface area contributed by atoms with Gasteiger partial charge in [0.05, 0.1) is 0 Å². The molecule has 0 bridgehead atoms. The van der Waals surface area contributed by atoms with Gasteiger partial charge in [0.15, 0.2) is 23.1 Å². The average molecular weight is 380 g/mol. The molecule has 0 saturated carbocycles. The fourth-order valence-electron chi connectivity index (χ4n) is 1.77. The van der Waals surface area contributed by atoms with E-state index in [0.717, 1.165) is 6.26 Å². The van der Waals surface area contributed by atoms with Crippen molar-refractivity contribution >= 4 is 21.7 Å². The van der Waals surface area contributed by atoms with Gasteiger partial charge in [-0.05, 0) is 25.1 Å². The number of nitrogens with zero attached hydrogens (tertiary/aromatic N) is 2. The number of ether oxygens (including phenoxy) is 1. The molecule has 1 aromatic heterocycles. The highest BCUT2D eigenvalue weighted by molar-refractivity contribution is 7.90. The van der Waals surface area contributed by atoms with Gasteiger partial charge in [-0.1, -0.05) is 26.0 Å². The number of para-hydroxylation sites is 1. The summed E-state index contributed by atoms with van der Waals surface area (Å²) in [6.07, 6.45) is 3.61. The van der Waals surface area contributed by atoms with E-state index >= 15 is 0 Å². The van der Waals surface area contributed by atoms with Gasteiger partial charge < -0.3 is 4.74 Å². The Balaban J connectivity index is 0.00000163. The van der Waals surface area contributed by atoms with Crippen molar-refractivity contribution < 1.29 is 22.3 Å². The maximum Gasteiger partial charge on any atom is 0.247 e. The lowest BCUT2D eigenvalue weighted by molar-refractivity contribution is -0.115. The van der Waals surface area contributed by atoms with E-state index < -0.39 is 21.4 Å². The molecule has 0 unspecified atom stereocenters. The predicted octanol–water partition coefficient (Wildman–Crippen LogP) is 3.36. The van der Waals surface area contributed by atoms with Crippen LogP contribution in [0.15, 0.2) is 41.4 Å². The van der Waals surface area contributed by atoms with E-state index in [0.29, 0.717) is 11.3 Å². The average Bonchev–Trinajstić information content (AvgIpc) is 2.58. The summed E-state index contributed by atoms with van der Waals surface area (Å²) in [5.41, 5.74) is 0.741.